The summed E-state index contributed by atoms with van der Waals surface area (Å²) in [6.07, 6.45) is 2.74. The van der Waals surface area contributed by atoms with Crippen molar-refractivity contribution in [2.75, 3.05) is 6.61 Å². The van der Waals surface area contributed by atoms with Crippen molar-refractivity contribution in [1.82, 2.24) is 10.1 Å². The van der Waals surface area contributed by atoms with E-state index in [4.69, 9.17) is 15.0 Å². The molecule has 1 heterocycles. The third-order valence-corrected chi connectivity index (χ3v) is 2.94. The molecule has 2 N–H and O–H groups in total. The van der Waals surface area contributed by atoms with Crippen LogP contribution < -0.4 is 10.5 Å². The van der Waals surface area contributed by atoms with Crippen LogP contribution in [0.1, 0.15) is 50.0 Å². The maximum absolute atomic E-state index is 6.15. The molecule has 1 atom stereocenters. The van der Waals surface area contributed by atoms with Crippen molar-refractivity contribution in [3.05, 3.63) is 41.5 Å². The standard InChI is InChI=1S/C15H21N3O2/c1-3-5-13-17-15(18-20-13)14(16)11-6-8-12(9-7-11)19-10-4-2/h6-9,14H,3-5,10,16H2,1-2H3. The number of rotatable bonds is 7. The van der Waals surface area contributed by atoms with Crippen LogP contribution in [0.25, 0.3) is 0 Å². The summed E-state index contributed by atoms with van der Waals surface area (Å²) in [5.74, 6) is 2.01. The Labute approximate surface area is 119 Å². The van der Waals surface area contributed by atoms with Crippen molar-refractivity contribution >= 4 is 0 Å². The van der Waals surface area contributed by atoms with E-state index in [9.17, 15) is 0 Å². The van der Waals surface area contributed by atoms with Gasteiger partial charge in [0, 0.05) is 6.42 Å². The predicted octanol–water partition coefficient (Wildman–Crippen LogP) is 2.86. The van der Waals surface area contributed by atoms with Crippen molar-refractivity contribution in [3.63, 3.8) is 0 Å². The molecule has 0 bridgehead atoms. The Hall–Kier alpha value is -1.88. The van der Waals surface area contributed by atoms with E-state index >= 15 is 0 Å². The summed E-state index contributed by atoms with van der Waals surface area (Å²) in [5.41, 5.74) is 7.09. The van der Waals surface area contributed by atoms with E-state index in [1.165, 1.54) is 0 Å². The molecule has 0 fully saturated rings. The molecule has 0 radical (unpaired) electrons. The van der Waals surface area contributed by atoms with E-state index < -0.39 is 0 Å². The maximum atomic E-state index is 6.15. The van der Waals surface area contributed by atoms with E-state index in [0.29, 0.717) is 11.7 Å². The van der Waals surface area contributed by atoms with E-state index in [0.717, 1.165) is 37.2 Å². The summed E-state index contributed by atoms with van der Waals surface area (Å²) in [5, 5.41) is 3.94. The first-order chi connectivity index (χ1) is 9.74. The lowest BCUT2D eigenvalue weighted by molar-refractivity contribution is 0.317. The largest absolute Gasteiger partial charge is 0.494 e. The molecule has 0 aliphatic carbocycles. The van der Waals surface area contributed by atoms with Crippen LogP contribution in [-0.2, 0) is 6.42 Å². The SMILES string of the molecule is CCCOc1ccc(C(N)c2noc(CCC)n2)cc1. The van der Waals surface area contributed by atoms with Crippen LogP contribution in [0.5, 0.6) is 5.75 Å². The van der Waals surface area contributed by atoms with Gasteiger partial charge in [-0.1, -0.05) is 31.1 Å². The third-order valence-electron chi connectivity index (χ3n) is 2.94. The molecule has 0 aliphatic rings. The van der Waals surface area contributed by atoms with Gasteiger partial charge in [-0.2, -0.15) is 4.98 Å². The molecule has 2 rings (SSSR count). The Kier molecular flexibility index (Phi) is 5.12. The number of hydrogen-bond donors (Lipinski definition) is 1. The molecule has 2 aromatic rings. The molecule has 0 saturated heterocycles. The highest BCUT2D eigenvalue weighted by atomic mass is 16.5. The Balaban J connectivity index is 2.05. The first-order valence-corrected chi connectivity index (χ1v) is 7.05. The van der Waals surface area contributed by atoms with E-state index in [2.05, 4.69) is 24.0 Å². The van der Waals surface area contributed by atoms with Crippen LogP contribution in [0, 0.1) is 0 Å². The molecule has 0 aliphatic heterocycles. The van der Waals surface area contributed by atoms with Crippen molar-refractivity contribution in [2.24, 2.45) is 5.73 Å². The fraction of sp³-hybridized carbons (Fsp3) is 0.467. The molecule has 1 aromatic heterocycles. The number of aryl methyl sites for hydroxylation is 1. The molecule has 5 nitrogen and oxygen atoms in total. The van der Waals surface area contributed by atoms with Crippen LogP contribution in [0.15, 0.2) is 28.8 Å². The van der Waals surface area contributed by atoms with Gasteiger partial charge in [-0.3, -0.25) is 0 Å². The number of aromatic nitrogens is 2. The first kappa shape index (κ1) is 14.5. The van der Waals surface area contributed by atoms with Gasteiger partial charge in [0.2, 0.25) is 5.89 Å². The minimum absolute atomic E-state index is 0.371. The molecule has 5 heteroatoms. The quantitative estimate of drug-likeness (QED) is 0.841. The monoisotopic (exact) mass is 275 g/mol. The second kappa shape index (κ2) is 7.05. The second-order valence-corrected chi connectivity index (χ2v) is 4.69. The van der Waals surface area contributed by atoms with Gasteiger partial charge in [0.15, 0.2) is 5.82 Å². The van der Waals surface area contributed by atoms with Crippen LogP contribution in [0.2, 0.25) is 0 Å². The Bertz CT molecular complexity index is 522. The zero-order chi connectivity index (χ0) is 14.4. The second-order valence-electron chi connectivity index (χ2n) is 4.69. The summed E-state index contributed by atoms with van der Waals surface area (Å²) in [6.45, 7) is 4.86. The van der Waals surface area contributed by atoms with Crippen LogP contribution in [-0.4, -0.2) is 16.7 Å². The Morgan fingerprint density at radius 1 is 1.20 bits per heavy atom. The van der Waals surface area contributed by atoms with Gasteiger partial charge >= 0.3 is 0 Å². The normalized spacial score (nSPS) is 12.3. The Morgan fingerprint density at radius 2 is 1.95 bits per heavy atom. The summed E-state index contributed by atoms with van der Waals surface area (Å²) in [6, 6.07) is 7.33. The maximum Gasteiger partial charge on any atom is 0.226 e. The van der Waals surface area contributed by atoms with E-state index in [1.54, 1.807) is 0 Å². The predicted molar refractivity (Wildman–Crippen MR) is 76.6 cm³/mol. The third kappa shape index (κ3) is 3.57. The van der Waals surface area contributed by atoms with Gasteiger partial charge in [0.1, 0.15) is 5.75 Å². The number of hydrogen-bond acceptors (Lipinski definition) is 5. The van der Waals surface area contributed by atoms with E-state index in [-0.39, 0.29) is 6.04 Å². The van der Waals surface area contributed by atoms with Crippen LogP contribution >= 0.6 is 0 Å². The zero-order valence-electron chi connectivity index (χ0n) is 12.0. The minimum Gasteiger partial charge on any atom is -0.494 e. The summed E-state index contributed by atoms with van der Waals surface area (Å²) in [4.78, 5) is 4.31. The summed E-state index contributed by atoms with van der Waals surface area (Å²) >= 11 is 0. The molecule has 0 amide bonds. The summed E-state index contributed by atoms with van der Waals surface area (Å²) in [7, 11) is 0. The molecule has 0 saturated carbocycles. The first-order valence-electron chi connectivity index (χ1n) is 7.05. The van der Waals surface area contributed by atoms with Gasteiger partial charge in [0.25, 0.3) is 0 Å². The van der Waals surface area contributed by atoms with Crippen LogP contribution in [0.4, 0.5) is 0 Å². The molecular weight excluding hydrogens is 254 g/mol. The number of nitrogens with zero attached hydrogens (tertiary/aromatic N) is 2. The average Bonchev–Trinajstić information content (AvgIpc) is 2.94. The number of benzene rings is 1. The van der Waals surface area contributed by atoms with Crippen molar-refractivity contribution < 1.29 is 9.26 Å². The van der Waals surface area contributed by atoms with Crippen molar-refractivity contribution in [3.8, 4) is 5.75 Å². The molecule has 1 aromatic carbocycles. The Morgan fingerprint density at radius 3 is 2.60 bits per heavy atom. The molecule has 0 spiro atoms. The highest BCUT2D eigenvalue weighted by Gasteiger charge is 2.15. The van der Waals surface area contributed by atoms with Crippen molar-refractivity contribution in [1.29, 1.82) is 0 Å². The number of nitrogens with two attached hydrogens (primary N) is 1. The highest BCUT2D eigenvalue weighted by Crippen LogP contribution is 2.20. The van der Waals surface area contributed by atoms with Crippen LogP contribution in [0.3, 0.4) is 0 Å². The van der Waals surface area contributed by atoms with Gasteiger partial charge in [-0.15, -0.1) is 0 Å². The molecular formula is C15H21N3O2. The lowest BCUT2D eigenvalue weighted by Crippen LogP contribution is -2.13. The fourth-order valence-corrected chi connectivity index (χ4v) is 1.85. The molecule has 108 valence electrons. The zero-order valence-corrected chi connectivity index (χ0v) is 12.0. The van der Waals surface area contributed by atoms with Gasteiger partial charge in [-0.25, -0.2) is 0 Å². The smallest absolute Gasteiger partial charge is 0.226 e. The van der Waals surface area contributed by atoms with Gasteiger partial charge in [0.05, 0.1) is 12.6 Å². The van der Waals surface area contributed by atoms with E-state index in [1.807, 2.05) is 24.3 Å². The fourth-order valence-electron chi connectivity index (χ4n) is 1.85. The highest BCUT2D eigenvalue weighted by molar-refractivity contribution is 5.31. The minimum atomic E-state index is -0.371. The lowest BCUT2D eigenvalue weighted by Gasteiger charge is -2.09. The topological polar surface area (TPSA) is 74.2 Å². The average molecular weight is 275 g/mol. The number of ether oxygens (including phenoxy) is 1. The van der Waals surface area contributed by atoms with Crippen molar-refractivity contribution in [2.45, 2.75) is 39.2 Å². The molecule has 20 heavy (non-hydrogen) atoms. The summed E-state index contributed by atoms with van der Waals surface area (Å²) < 4.78 is 10.7. The van der Waals surface area contributed by atoms with Gasteiger partial charge < -0.3 is 15.0 Å². The lowest BCUT2D eigenvalue weighted by atomic mass is 10.1. The van der Waals surface area contributed by atoms with Gasteiger partial charge in [-0.05, 0) is 30.5 Å². The molecule has 1 unspecified atom stereocenters.